The van der Waals surface area contributed by atoms with Crippen molar-refractivity contribution in [1.82, 2.24) is 0 Å². The summed E-state index contributed by atoms with van der Waals surface area (Å²) < 4.78 is 11.2. The molecule has 136 valence electrons. The first kappa shape index (κ1) is 18.0. The van der Waals surface area contributed by atoms with E-state index in [0.29, 0.717) is 6.42 Å². The summed E-state index contributed by atoms with van der Waals surface area (Å²) in [6, 6.07) is 0. The predicted octanol–water partition coefficient (Wildman–Crippen LogP) is 1.65. The van der Waals surface area contributed by atoms with E-state index in [0.717, 1.165) is 5.57 Å². The average Bonchev–Trinajstić information content (AvgIpc) is 2.91. The van der Waals surface area contributed by atoms with Crippen molar-refractivity contribution in [2.75, 3.05) is 0 Å². The summed E-state index contributed by atoms with van der Waals surface area (Å²) in [6.07, 6.45) is 0.187. The highest BCUT2D eigenvalue weighted by atomic mass is 16.6. The van der Waals surface area contributed by atoms with Crippen LogP contribution in [0.4, 0.5) is 0 Å². The van der Waals surface area contributed by atoms with Crippen LogP contribution in [-0.2, 0) is 23.9 Å². The highest BCUT2D eigenvalue weighted by Gasteiger charge is 2.49. The number of aliphatic hydroxyl groups is 1. The van der Waals surface area contributed by atoms with Crippen LogP contribution in [0.5, 0.6) is 0 Å². The molecule has 3 rings (SSSR count). The van der Waals surface area contributed by atoms with Gasteiger partial charge in [-0.05, 0) is 26.2 Å². The Hall–Kier alpha value is -1.79. The smallest absolute Gasteiger partial charge is 0.336 e. The van der Waals surface area contributed by atoms with Crippen molar-refractivity contribution in [3.05, 3.63) is 23.8 Å². The molecule has 0 aromatic rings. The number of ether oxygens (including phenoxy) is 2. The molecule has 0 spiro atoms. The fourth-order valence-electron chi connectivity index (χ4n) is 3.88. The molecule has 6 nitrogen and oxygen atoms in total. The first-order valence-corrected chi connectivity index (χ1v) is 8.65. The van der Waals surface area contributed by atoms with Gasteiger partial charge in [-0.25, -0.2) is 4.79 Å². The van der Waals surface area contributed by atoms with E-state index in [1.807, 2.05) is 6.92 Å². The Balaban J connectivity index is 1.94. The van der Waals surface area contributed by atoms with Crippen LogP contribution in [0.2, 0.25) is 0 Å². The van der Waals surface area contributed by atoms with Gasteiger partial charge in [0.1, 0.15) is 24.1 Å². The fraction of sp³-hybridized carbons (Fsp3) is 0.632. The van der Waals surface area contributed by atoms with Gasteiger partial charge < -0.3 is 14.6 Å². The van der Waals surface area contributed by atoms with Gasteiger partial charge in [-0.1, -0.05) is 18.2 Å². The lowest BCUT2D eigenvalue weighted by molar-refractivity contribution is -0.144. The van der Waals surface area contributed by atoms with Gasteiger partial charge in [0.15, 0.2) is 5.78 Å². The van der Waals surface area contributed by atoms with Gasteiger partial charge in [0, 0.05) is 25.7 Å². The first-order valence-electron chi connectivity index (χ1n) is 8.65. The highest BCUT2D eigenvalue weighted by Crippen LogP contribution is 2.38. The Kier molecular flexibility index (Phi) is 4.68. The quantitative estimate of drug-likeness (QED) is 0.572. The standard InChI is InChI=1S/C19H24O6/c1-10(2)11-4-5-13-17(22)16(24-18(13)23)9-19(3)8-14(21)15(25-19)7-12(20)6-11/h5,11,15-17,22H,1,4,6-9H2,2-3H3/b13-5+/t11-,15-,16+,17-,19+/m1/s1. The number of hydrogen-bond acceptors (Lipinski definition) is 6. The van der Waals surface area contributed by atoms with Crippen LogP contribution < -0.4 is 0 Å². The zero-order valence-corrected chi connectivity index (χ0v) is 14.6. The molecule has 0 aliphatic carbocycles. The molecule has 0 amide bonds. The second kappa shape index (κ2) is 6.50. The molecule has 5 atom stereocenters. The van der Waals surface area contributed by atoms with Crippen molar-refractivity contribution in [3.8, 4) is 0 Å². The molecule has 25 heavy (non-hydrogen) atoms. The minimum absolute atomic E-state index is 0.0541. The molecule has 0 radical (unpaired) electrons. The minimum atomic E-state index is -1.05. The lowest BCUT2D eigenvalue weighted by Crippen LogP contribution is -2.35. The second-order valence-electron chi connectivity index (χ2n) is 7.68. The molecule has 2 saturated heterocycles. The molecule has 2 fully saturated rings. The number of Topliss-reactive ketones (excluding diaryl/α,β-unsaturated/α-hetero) is 2. The van der Waals surface area contributed by atoms with Crippen molar-refractivity contribution in [3.63, 3.8) is 0 Å². The molecule has 0 saturated carbocycles. The topological polar surface area (TPSA) is 89.9 Å². The highest BCUT2D eigenvalue weighted by molar-refractivity contribution is 5.93. The Morgan fingerprint density at radius 1 is 1.32 bits per heavy atom. The van der Waals surface area contributed by atoms with Crippen molar-refractivity contribution in [1.29, 1.82) is 0 Å². The van der Waals surface area contributed by atoms with Gasteiger partial charge in [0.25, 0.3) is 0 Å². The predicted molar refractivity (Wildman–Crippen MR) is 88.7 cm³/mol. The van der Waals surface area contributed by atoms with E-state index >= 15 is 0 Å². The largest absolute Gasteiger partial charge is 0.456 e. The number of aliphatic hydroxyl groups excluding tert-OH is 1. The molecule has 4 bridgehead atoms. The Labute approximate surface area is 146 Å². The summed E-state index contributed by atoms with van der Waals surface area (Å²) in [5, 5.41) is 10.5. The lowest BCUT2D eigenvalue weighted by atomic mass is 9.87. The second-order valence-corrected chi connectivity index (χ2v) is 7.68. The van der Waals surface area contributed by atoms with Gasteiger partial charge in [-0.15, -0.1) is 0 Å². The minimum Gasteiger partial charge on any atom is -0.456 e. The van der Waals surface area contributed by atoms with Gasteiger partial charge in [-0.2, -0.15) is 0 Å². The van der Waals surface area contributed by atoms with E-state index in [2.05, 4.69) is 6.58 Å². The average molecular weight is 348 g/mol. The van der Waals surface area contributed by atoms with E-state index in [1.54, 1.807) is 13.0 Å². The maximum Gasteiger partial charge on any atom is 0.336 e. The number of carbonyl (C=O) groups is 3. The molecule has 1 N–H and O–H groups in total. The Bertz CT molecular complexity index is 663. The number of esters is 1. The number of rotatable bonds is 1. The van der Waals surface area contributed by atoms with Crippen LogP contribution in [0, 0.1) is 5.92 Å². The van der Waals surface area contributed by atoms with Crippen LogP contribution >= 0.6 is 0 Å². The third kappa shape index (κ3) is 3.60. The van der Waals surface area contributed by atoms with Crippen LogP contribution in [0.3, 0.4) is 0 Å². The molecular weight excluding hydrogens is 324 g/mol. The van der Waals surface area contributed by atoms with Crippen molar-refractivity contribution in [2.24, 2.45) is 5.92 Å². The van der Waals surface area contributed by atoms with Crippen LogP contribution in [-0.4, -0.2) is 46.6 Å². The molecular formula is C19H24O6. The summed E-state index contributed by atoms with van der Waals surface area (Å²) in [4.78, 5) is 36.8. The molecule has 3 aliphatic heterocycles. The molecule has 3 heterocycles. The van der Waals surface area contributed by atoms with Crippen molar-refractivity contribution < 1.29 is 29.0 Å². The molecule has 0 aromatic heterocycles. The van der Waals surface area contributed by atoms with Crippen LogP contribution in [0.15, 0.2) is 23.8 Å². The number of allylic oxidation sites excluding steroid dienone is 2. The zero-order chi connectivity index (χ0) is 18.4. The van der Waals surface area contributed by atoms with Crippen molar-refractivity contribution in [2.45, 2.75) is 69.9 Å². The fourth-order valence-corrected chi connectivity index (χ4v) is 3.88. The number of hydrogen-bond donors (Lipinski definition) is 1. The van der Waals surface area contributed by atoms with Crippen LogP contribution in [0.1, 0.15) is 46.0 Å². The molecule has 0 aromatic carbocycles. The van der Waals surface area contributed by atoms with E-state index in [9.17, 15) is 19.5 Å². The zero-order valence-electron chi connectivity index (χ0n) is 14.6. The normalized spacial score (nSPS) is 41.2. The Morgan fingerprint density at radius 2 is 2.04 bits per heavy atom. The first-order chi connectivity index (χ1) is 11.7. The van der Waals surface area contributed by atoms with Crippen LogP contribution in [0.25, 0.3) is 0 Å². The van der Waals surface area contributed by atoms with Gasteiger partial charge in [-0.3, -0.25) is 9.59 Å². The summed E-state index contributed by atoms with van der Waals surface area (Å²) in [6.45, 7) is 7.50. The Morgan fingerprint density at radius 3 is 2.72 bits per heavy atom. The number of carbonyl (C=O) groups excluding carboxylic acids is 3. The summed E-state index contributed by atoms with van der Waals surface area (Å²) in [5.41, 5.74) is 0.194. The monoisotopic (exact) mass is 348 g/mol. The van der Waals surface area contributed by atoms with Gasteiger partial charge in [0.2, 0.25) is 0 Å². The maximum absolute atomic E-state index is 12.4. The molecule has 6 heteroatoms. The van der Waals surface area contributed by atoms with Gasteiger partial charge >= 0.3 is 5.97 Å². The van der Waals surface area contributed by atoms with E-state index < -0.39 is 29.9 Å². The summed E-state index contributed by atoms with van der Waals surface area (Å²) in [5.74, 6) is -0.871. The number of ketones is 2. The molecule has 3 aliphatic rings. The van der Waals surface area contributed by atoms with E-state index in [-0.39, 0.29) is 48.7 Å². The van der Waals surface area contributed by atoms with Crippen molar-refractivity contribution >= 4 is 17.5 Å². The van der Waals surface area contributed by atoms with E-state index in [4.69, 9.17) is 9.47 Å². The molecule has 0 unspecified atom stereocenters. The number of fused-ring (bicyclic) bond motifs is 4. The lowest BCUT2D eigenvalue weighted by Gasteiger charge is -2.27. The summed E-state index contributed by atoms with van der Waals surface area (Å²) >= 11 is 0. The third-order valence-corrected chi connectivity index (χ3v) is 5.34. The maximum atomic E-state index is 12.4. The van der Waals surface area contributed by atoms with Gasteiger partial charge in [0.05, 0.1) is 11.2 Å². The third-order valence-electron chi connectivity index (χ3n) is 5.34. The SMILES string of the molecule is C=C(C)[C@@H]1C/C=C2/C(=O)O[C@@H](C[C@]3(C)CC(=O)[C@@H](CC(=O)C1)O3)[C@@H]2O. The van der Waals surface area contributed by atoms with E-state index in [1.165, 1.54) is 0 Å². The summed E-state index contributed by atoms with van der Waals surface area (Å²) in [7, 11) is 0.